The standard InChI is InChI=1S/C16H24N2O/c1-10-8-13(6-7-14(10)17)19-16-12-5-4-11(9-12)15(16)18(2)3/h6-8,11-12,15-16H,4-5,9,17H2,1-3H3. The number of nitrogens with two attached hydrogens (primary N) is 1. The van der Waals surface area contributed by atoms with E-state index >= 15 is 0 Å². The number of nitrogen functional groups attached to an aromatic ring is 1. The Hall–Kier alpha value is -1.22. The van der Waals surface area contributed by atoms with E-state index in [1.54, 1.807) is 0 Å². The largest absolute Gasteiger partial charge is 0.488 e. The van der Waals surface area contributed by atoms with Crippen LogP contribution in [0.1, 0.15) is 24.8 Å². The Labute approximate surface area is 115 Å². The van der Waals surface area contributed by atoms with Crippen LogP contribution in [0.4, 0.5) is 5.69 Å². The maximum atomic E-state index is 6.32. The highest BCUT2D eigenvalue weighted by Crippen LogP contribution is 2.47. The van der Waals surface area contributed by atoms with E-state index in [1.165, 1.54) is 19.3 Å². The molecule has 1 aromatic carbocycles. The zero-order valence-corrected chi connectivity index (χ0v) is 12.1. The van der Waals surface area contributed by atoms with Crippen molar-refractivity contribution in [3.05, 3.63) is 23.8 Å². The monoisotopic (exact) mass is 260 g/mol. The zero-order valence-electron chi connectivity index (χ0n) is 12.1. The molecule has 0 spiro atoms. The maximum Gasteiger partial charge on any atom is 0.120 e. The number of aryl methyl sites for hydroxylation is 1. The fourth-order valence-corrected chi connectivity index (χ4v) is 3.97. The number of ether oxygens (including phenoxy) is 1. The summed E-state index contributed by atoms with van der Waals surface area (Å²) in [5.74, 6) is 2.52. The Morgan fingerprint density at radius 2 is 1.95 bits per heavy atom. The first kappa shape index (κ1) is 12.8. The van der Waals surface area contributed by atoms with Gasteiger partial charge in [0.1, 0.15) is 11.9 Å². The Morgan fingerprint density at radius 3 is 2.63 bits per heavy atom. The summed E-state index contributed by atoms with van der Waals surface area (Å²) in [5, 5.41) is 0. The van der Waals surface area contributed by atoms with Crippen molar-refractivity contribution in [1.29, 1.82) is 0 Å². The van der Waals surface area contributed by atoms with Crippen LogP contribution >= 0.6 is 0 Å². The predicted molar refractivity (Wildman–Crippen MR) is 78.3 cm³/mol. The second-order valence-corrected chi connectivity index (χ2v) is 6.39. The van der Waals surface area contributed by atoms with Crippen LogP contribution in [0, 0.1) is 18.8 Å². The van der Waals surface area contributed by atoms with Gasteiger partial charge in [0, 0.05) is 11.7 Å². The maximum absolute atomic E-state index is 6.32. The minimum absolute atomic E-state index is 0.344. The van der Waals surface area contributed by atoms with Crippen LogP contribution in [0.5, 0.6) is 5.75 Å². The van der Waals surface area contributed by atoms with Gasteiger partial charge in [-0.05, 0) is 75.9 Å². The topological polar surface area (TPSA) is 38.5 Å². The molecular formula is C16H24N2O. The predicted octanol–water partition coefficient (Wildman–Crippen LogP) is 2.68. The summed E-state index contributed by atoms with van der Waals surface area (Å²) in [7, 11) is 4.35. The van der Waals surface area contributed by atoms with Crippen LogP contribution in [-0.2, 0) is 0 Å². The van der Waals surface area contributed by atoms with Gasteiger partial charge in [0.25, 0.3) is 0 Å². The van der Waals surface area contributed by atoms with Gasteiger partial charge in [-0.1, -0.05) is 0 Å². The molecule has 0 aromatic heterocycles. The minimum Gasteiger partial charge on any atom is -0.488 e. The van der Waals surface area contributed by atoms with E-state index in [9.17, 15) is 0 Å². The minimum atomic E-state index is 0.344. The summed E-state index contributed by atoms with van der Waals surface area (Å²) in [5.41, 5.74) is 7.81. The van der Waals surface area contributed by atoms with Crippen molar-refractivity contribution in [2.45, 2.75) is 38.3 Å². The van der Waals surface area contributed by atoms with E-state index in [1.807, 2.05) is 19.1 Å². The number of hydrogen-bond donors (Lipinski definition) is 1. The van der Waals surface area contributed by atoms with Crippen molar-refractivity contribution < 1.29 is 4.74 Å². The van der Waals surface area contributed by atoms with E-state index in [2.05, 4.69) is 25.1 Å². The lowest BCUT2D eigenvalue weighted by Gasteiger charge is -2.35. The molecule has 3 nitrogen and oxygen atoms in total. The molecule has 2 fully saturated rings. The van der Waals surface area contributed by atoms with Crippen molar-refractivity contribution in [3.8, 4) is 5.75 Å². The highest BCUT2D eigenvalue weighted by Gasteiger charge is 2.50. The smallest absolute Gasteiger partial charge is 0.120 e. The molecule has 3 rings (SSSR count). The summed E-state index contributed by atoms with van der Waals surface area (Å²) in [6, 6.07) is 6.58. The van der Waals surface area contributed by atoms with Crippen LogP contribution in [0.25, 0.3) is 0 Å². The Bertz CT molecular complexity index is 472. The molecule has 2 bridgehead atoms. The molecule has 104 valence electrons. The van der Waals surface area contributed by atoms with Crippen LogP contribution in [0.3, 0.4) is 0 Å². The molecule has 2 aliphatic rings. The number of benzene rings is 1. The number of fused-ring (bicyclic) bond motifs is 2. The van der Waals surface area contributed by atoms with E-state index in [4.69, 9.17) is 10.5 Å². The highest BCUT2D eigenvalue weighted by atomic mass is 16.5. The fraction of sp³-hybridized carbons (Fsp3) is 0.625. The highest BCUT2D eigenvalue weighted by molar-refractivity contribution is 5.49. The average Bonchev–Trinajstić information content (AvgIpc) is 2.94. The van der Waals surface area contributed by atoms with Crippen molar-refractivity contribution >= 4 is 5.69 Å². The van der Waals surface area contributed by atoms with Gasteiger partial charge in [0.15, 0.2) is 0 Å². The Kier molecular flexibility index (Phi) is 3.17. The van der Waals surface area contributed by atoms with Gasteiger partial charge in [-0.3, -0.25) is 0 Å². The number of hydrogen-bond acceptors (Lipinski definition) is 3. The summed E-state index contributed by atoms with van der Waals surface area (Å²) < 4.78 is 6.32. The first-order valence-corrected chi connectivity index (χ1v) is 7.25. The van der Waals surface area contributed by atoms with Gasteiger partial charge in [-0.25, -0.2) is 0 Å². The zero-order chi connectivity index (χ0) is 13.6. The Morgan fingerprint density at radius 1 is 1.21 bits per heavy atom. The third-order valence-corrected chi connectivity index (χ3v) is 4.91. The Balaban J connectivity index is 1.79. The number of likely N-dealkylation sites (N-methyl/N-ethyl adjacent to an activating group) is 1. The lowest BCUT2D eigenvalue weighted by molar-refractivity contribution is 0.0537. The van der Waals surface area contributed by atoms with E-state index in [0.717, 1.165) is 28.8 Å². The lowest BCUT2D eigenvalue weighted by Crippen LogP contribution is -2.46. The SMILES string of the molecule is Cc1cc(OC2C3CCC(C3)C2N(C)C)ccc1N. The fourth-order valence-electron chi connectivity index (χ4n) is 3.97. The molecule has 4 unspecified atom stereocenters. The molecule has 2 aliphatic carbocycles. The van der Waals surface area contributed by atoms with Gasteiger partial charge in [0.2, 0.25) is 0 Å². The third kappa shape index (κ3) is 2.20. The molecule has 2 saturated carbocycles. The van der Waals surface area contributed by atoms with Crippen molar-refractivity contribution in [1.82, 2.24) is 4.90 Å². The van der Waals surface area contributed by atoms with Gasteiger partial charge < -0.3 is 15.4 Å². The molecule has 1 aromatic rings. The number of nitrogens with zero attached hydrogens (tertiary/aromatic N) is 1. The molecule has 2 N–H and O–H groups in total. The molecule has 0 amide bonds. The van der Waals surface area contributed by atoms with E-state index in [-0.39, 0.29) is 0 Å². The van der Waals surface area contributed by atoms with Crippen LogP contribution < -0.4 is 10.5 Å². The van der Waals surface area contributed by atoms with Gasteiger partial charge >= 0.3 is 0 Å². The van der Waals surface area contributed by atoms with Gasteiger partial charge in [0.05, 0.1) is 0 Å². The molecule has 3 heteroatoms. The summed E-state index contributed by atoms with van der Waals surface area (Å²) in [6.07, 6.45) is 4.38. The third-order valence-electron chi connectivity index (χ3n) is 4.91. The summed E-state index contributed by atoms with van der Waals surface area (Å²) >= 11 is 0. The van der Waals surface area contributed by atoms with Crippen molar-refractivity contribution in [2.24, 2.45) is 11.8 Å². The van der Waals surface area contributed by atoms with Crippen molar-refractivity contribution in [3.63, 3.8) is 0 Å². The second-order valence-electron chi connectivity index (χ2n) is 6.39. The molecule has 19 heavy (non-hydrogen) atoms. The van der Waals surface area contributed by atoms with Crippen LogP contribution in [-0.4, -0.2) is 31.1 Å². The van der Waals surface area contributed by atoms with Gasteiger partial charge in [-0.2, -0.15) is 0 Å². The van der Waals surface area contributed by atoms with Crippen LogP contribution in [0.2, 0.25) is 0 Å². The quantitative estimate of drug-likeness (QED) is 0.849. The van der Waals surface area contributed by atoms with E-state index < -0.39 is 0 Å². The molecule has 0 aliphatic heterocycles. The normalized spacial score (nSPS) is 33.1. The van der Waals surface area contributed by atoms with Gasteiger partial charge in [-0.15, -0.1) is 0 Å². The first-order chi connectivity index (χ1) is 9.06. The summed E-state index contributed by atoms with van der Waals surface area (Å²) in [4.78, 5) is 2.35. The molecule has 4 atom stereocenters. The second kappa shape index (κ2) is 4.71. The number of rotatable bonds is 3. The molecule has 0 heterocycles. The van der Waals surface area contributed by atoms with Crippen molar-refractivity contribution in [2.75, 3.05) is 19.8 Å². The first-order valence-electron chi connectivity index (χ1n) is 7.25. The average molecular weight is 260 g/mol. The summed E-state index contributed by atoms with van der Waals surface area (Å²) in [6.45, 7) is 2.03. The lowest BCUT2D eigenvalue weighted by atomic mass is 9.91. The number of anilines is 1. The van der Waals surface area contributed by atoms with Crippen LogP contribution in [0.15, 0.2) is 18.2 Å². The molecule has 0 radical (unpaired) electrons. The van der Waals surface area contributed by atoms with E-state index in [0.29, 0.717) is 12.1 Å². The molecular weight excluding hydrogens is 236 g/mol. The molecule has 0 saturated heterocycles.